The lowest BCUT2D eigenvalue weighted by molar-refractivity contribution is 0.287. The Labute approximate surface area is 64.9 Å². The molecule has 0 saturated carbocycles. The van der Waals surface area contributed by atoms with E-state index in [-0.39, 0.29) is 6.61 Å². The van der Waals surface area contributed by atoms with Gasteiger partial charge in [0.1, 0.15) is 0 Å². The van der Waals surface area contributed by atoms with Crippen LogP contribution in [-0.4, -0.2) is 23.4 Å². The van der Waals surface area contributed by atoms with Gasteiger partial charge in [-0.3, -0.25) is 0 Å². The normalized spacial score (nSPS) is 6.60. The molecule has 2 N–H and O–H groups in total. The Morgan fingerprint density at radius 2 is 1.30 bits per heavy atom. The summed E-state index contributed by atoms with van der Waals surface area (Å²) in [5.74, 6) is 0. The van der Waals surface area contributed by atoms with Gasteiger partial charge >= 0.3 is 0 Å². The molecule has 0 rings (SSSR count). The molecule has 2 heteroatoms. The monoisotopic (exact) mass is 150 g/mol. The molecule has 0 heterocycles. The number of aliphatic hydroxyl groups is 2. The van der Waals surface area contributed by atoms with Gasteiger partial charge in [0, 0.05) is 13.2 Å². The van der Waals surface area contributed by atoms with Gasteiger partial charge in [-0.05, 0) is 13.3 Å². The van der Waals surface area contributed by atoms with E-state index in [1.165, 1.54) is 0 Å². The summed E-state index contributed by atoms with van der Waals surface area (Å²) in [7, 11) is 0. The van der Waals surface area contributed by atoms with Crippen molar-refractivity contribution in [1.82, 2.24) is 0 Å². The zero-order valence-corrected chi connectivity index (χ0v) is 7.72. The summed E-state index contributed by atoms with van der Waals surface area (Å²) in [6.45, 7) is 8.33. The van der Waals surface area contributed by atoms with Crippen LogP contribution in [0.2, 0.25) is 0 Å². The van der Waals surface area contributed by atoms with Gasteiger partial charge in [0.2, 0.25) is 0 Å². The highest BCUT2D eigenvalue weighted by atomic mass is 16.3. The van der Waals surface area contributed by atoms with E-state index in [1.54, 1.807) is 6.92 Å². The third-order valence-electron chi connectivity index (χ3n) is 0.512. The molecular weight excluding hydrogens is 128 g/mol. The largest absolute Gasteiger partial charge is 0.397 e. The summed E-state index contributed by atoms with van der Waals surface area (Å²) in [5.41, 5.74) is 0. The maximum absolute atomic E-state index is 8.07. The summed E-state index contributed by atoms with van der Waals surface area (Å²) >= 11 is 0. The predicted octanol–water partition coefficient (Wildman–Crippen LogP) is 1.80. The van der Waals surface area contributed by atoms with Gasteiger partial charge in [-0.15, -0.1) is 0 Å². The number of unbranched alkanes of at least 4 members (excludes halogenated alkanes) is 1. The minimum Gasteiger partial charge on any atom is -0.397 e. The highest BCUT2D eigenvalue weighted by molar-refractivity contribution is 4.23. The van der Waals surface area contributed by atoms with Crippen LogP contribution in [0.25, 0.3) is 0 Å². The van der Waals surface area contributed by atoms with Gasteiger partial charge in [0.15, 0.2) is 0 Å². The van der Waals surface area contributed by atoms with Gasteiger partial charge in [0.05, 0.1) is 0 Å². The molecule has 0 aliphatic rings. The Bertz CT molecular complexity index is 21.2. The van der Waals surface area contributed by atoms with Gasteiger partial charge in [-0.25, -0.2) is 0 Å². The highest BCUT2D eigenvalue weighted by Gasteiger charge is 1.69. The van der Waals surface area contributed by atoms with Crippen LogP contribution in [-0.2, 0) is 0 Å². The molecule has 0 unspecified atom stereocenters. The first-order chi connectivity index (χ1) is 4.83. The lowest BCUT2D eigenvalue weighted by Gasteiger charge is -1.79. The van der Waals surface area contributed by atoms with E-state index in [0.29, 0.717) is 6.61 Å². The first-order valence-corrected chi connectivity index (χ1v) is 4.05. The maximum atomic E-state index is 8.07. The molecule has 2 nitrogen and oxygen atoms in total. The molecule has 0 aromatic carbocycles. The molecule has 0 atom stereocenters. The SMILES string of the molecule is CC.CCCCO.CCO. The zero-order chi connectivity index (χ0) is 8.83. The van der Waals surface area contributed by atoms with E-state index in [4.69, 9.17) is 10.2 Å². The van der Waals surface area contributed by atoms with Gasteiger partial charge < -0.3 is 10.2 Å². The molecule has 0 aromatic heterocycles. The van der Waals surface area contributed by atoms with E-state index in [9.17, 15) is 0 Å². The lowest BCUT2D eigenvalue weighted by Crippen LogP contribution is -1.75. The molecule has 0 bridgehead atoms. The van der Waals surface area contributed by atoms with Crippen molar-refractivity contribution in [3.8, 4) is 0 Å². The van der Waals surface area contributed by atoms with Crippen molar-refractivity contribution in [1.29, 1.82) is 0 Å². The second-order valence-corrected chi connectivity index (χ2v) is 1.39. The van der Waals surface area contributed by atoms with Gasteiger partial charge in [0.25, 0.3) is 0 Å². The van der Waals surface area contributed by atoms with Crippen molar-refractivity contribution >= 4 is 0 Å². The fourth-order valence-corrected chi connectivity index (χ4v) is 0.158. The summed E-state index contributed by atoms with van der Waals surface area (Å²) < 4.78 is 0. The molecule has 0 spiro atoms. The van der Waals surface area contributed by atoms with Crippen molar-refractivity contribution in [2.45, 2.75) is 40.5 Å². The van der Waals surface area contributed by atoms with Gasteiger partial charge in [-0.2, -0.15) is 0 Å². The summed E-state index contributed by atoms with van der Waals surface area (Å²) in [6, 6.07) is 0. The molecular formula is C8H22O2. The molecule has 0 radical (unpaired) electrons. The van der Waals surface area contributed by atoms with Crippen LogP contribution in [0.3, 0.4) is 0 Å². The Morgan fingerprint density at radius 1 is 1.00 bits per heavy atom. The standard InChI is InChI=1S/C4H10O.C2H6O.C2H6/c1-2-3-4-5;1-2-3;1-2/h5H,2-4H2,1H3;3H,2H2,1H3;1-2H3. The zero-order valence-electron chi connectivity index (χ0n) is 7.72. The second kappa shape index (κ2) is 36.4. The Balaban J connectivity index is -0.0000000847. The fourth-order valence-electron chi connectivity index (χ4n) is 0.158. The van der Waals surface area contributed by atoms with Crippen molar-refractivity contribution < 1.29 is 10.2 Å². The Morgan fingerprint density at radius 3 is 1.30 bits per heavy atom. The third kappa shape index (κ3) is 103. The summed E-state index contributed by atoms with van der Waals surface area (Å²) in [6.07, 6.45) is 2.04. The average molecular weight is 150 g/mol. The van der Waals surface area contributed by atoms with Crippen molar-refractivity contribution in [2.75, 3.05) is 13.2 Å². The number of rotatable bonds is 2. The quantitative estimate of drug-likeness (QED) is 0.630. The van der Waals surface area contributed by atoms with Crippen molar-refractivity contribution in [3.63, 3.8) is 0 Å². The van der Waals surface area contributed by atoms with Crippen molar-refractivity contribution in [3.05, 3.63) is 0 Å². The minimum absolute atomic E-state index is 0.250. The number of hydrogen-bond acceptors (Lipinski definition) is 2. The van der Waals surface area contributed by atoms with E-state index < -0.39 is 0 Å². The Kier molecular flexibility index (Phi) is 60.0. The average Bonchev–Trinajstić information content (AvgIpc) is 1.96. The first-order valence-electron chi connectivity index (χ1n) is 4.05. The second-order valence-electron chi connectivity index (χ2n) is 1.39. The number of aliphatic hydroxyl groups excluding tert-OH is 2. The van der Waals surface area contributed by atoms with Crippen molar-refractivity contribution in [2.24, 2.45) is 0 Å². The smallest absolute Gasteiger partial charge is 0.0430 e. The fraction of sp³-hybridized carbons (Fsp3) is 1.00. The molecule has 0 amide bonds. The minimum atomic E-state index is 0.250. The highest BCUT2D eigenvalue weighted by Crippen LogP contribution is 1.78. The van der Waals surface area contributed by atoms with Gasteiger partial charge in [-0.1, -0.05) is 27.2 Å². The molecule has 0 aliphatic heterocycles. The third-order valence-corrected chi connectivity index (χ3v) is 0.512. The summed E-state index contributed by atoms with van der Waals surface area (Å²) in [4.78, 5) is 0. The van der Waals surface area contributed by atoms with E-state index in [1.807, 2.05) is 13.8 Å². The van der Waals surface area contributed by atoms with Crippen LogP contribution >= 0.6 is 0 Å². The number of hydrogen-bond donors (Lipinski definition) is 2. The molecule has 0 aromatic rings. The molecule has 0 fully saturated rings. The van der Waals surface area contributed by atoms with E-state index >= 15 is 0 Å². The van der Waals surface area contributed by atoms with Crippen LogP contribution in [0, 0.1) is 0 Å². The van der Waals surface area contributed by atoms with Crippen LogP contribution < -0.4 is 0 Å². The first kappa shape index (κ1) is 16.5. The van der Waals surface area contributed by atoms with E-state index in [2.05, 4.69) is 6.92 Å². The van der Waals surface area contributed by atoms with Crippen LogP contribution in [0.15, 0.2) is 0 Å². The molecule has 0 aliphatic carbocycles. The maximum Gasteiger partial charge on any atom is 0.0430 e. The molecule has 66 valence electrons. The van der Waals surface area contributed by atoms with Crippen LogP contribution in [0.4, 0.5) is 0 Å². The molecule has 10 heavy (non-hydrogen) atoms. The van der Waals surface area contributed by atoms with E-state index in [0.717, 1.165) is 12.8 Å². The summed E-state index contributed by atoms with van der Waals surface area (Å²) in [5, 5.41) is 15.6. The topological polar surface area (TPSA) is 40.5 Å². The van der Waals surface area contributed by atoms with Crippen LogP contribution in [0.1, 0.15) is 40.5 Å². The van der Waals surface area contributed by atoms with Crippen LogP contribution in [0.5, 0.6) is 0 Å². The lowest BCUT2D eigenvalue weighted by atomic mass is 10.4. The predicted molar refractivity (Wildman–Crippen MR) is 46.1 cm³/mol. The molecule has 0 saturated heterocycles. The Hall–Kier alpha value is -0.0800.